The molecule has 172 valence electrons. The number of esters is 1. The number of para-hydroxylation sites is 1. The molecule has 3 rings (SSSR count). The molecule has 0 aromatic heterocycles. The molecule has 2 aromatic carbocycles. The Morgan fingerprint density at radius 3 is 2.47 bits per heavy atom. The summed E-state index contributed by atoms with van der Waals surface area (Å²) in [6, 6.07) is 7.43. The summed E-state index contributed by atoms with van der Waals surface area (Å²) in [6.07, 6.45) is 0.786. The summed E-state index contributed by atoms with van der Waals surface area (Å²) in [5.74, 6) is -1.22. The van der Waals surface area contributed by atoms with Crippen LogP contribution in [0.1, 0.15) is 23.2 Å². The summed E-state index contributed by atoms with van der Waals surface area (Å²) in [6.45, 7) is 0.156. The molecular weight excluding hydrogens is 440 g/mol. The smallest absolute Gasteiger partial charge is 0.341 e. The van der Waals surface area contributed by atoms with Gasteiger partial charge in [-0.15, -0.1) is 0 Å². The topological polar surface area (TPSA) is 131 Å². The number of phenols is 1. The van der Waals surface area contributed by atoms with Gasteiger partial charge >= 0.3 is 5.97 Å². The first-order chi connectivity index (χ1) is 15.2. The third kappa shape index (κ3) is 4.34. The van der Waals surface area contributed by atoms with Crippen LogP contribution in [0.3, 0.4) is 0 Å². The van der Waals surface area contributed by atoms with Crippen LogP contribution in [0.5, 0.6) is 17.2 Å². The maximum atomic E-state index is 13.3. The zero-order chi connectivity index (χ0) is 23.5. The predicted molar refractivity (Wildman–Crippen MR) is 115 cm³/mol. The first-order valence-corrected chi connectivity index (χ1v) is 11.1. The molecule has 2 N–H and O–H groups in total. The van der Waals surface area contributed by atoms with Crippen molar-refractivity contribution in [3.05, 3.63) is 42.0 Å². The van der Waals surface area contributed by atoms with Crippen molar-refractivity contribution in [1.29, 1.82) is 0 Å². The molecule has 0 bridgehead atoms. The van der Waals surface area contributed by atoms with Crippen molar-refractivity contribution in [2.45, 2.75) is 23.8 Å². The number of ether oxygens (including phenoxy) is 3. The molecular formula is C21H24N2O8S. The zero-order valence-electron chi connectivity index (χ0n) is 17.8. The van der Waals surface area contributed by atoms with E-state index in [-0.39, 0.29) is 28.4 Å². The Labute approximate surface area is 185 Å². The number of carbonyl (C=O) groups excluding carboxylic acids is 2. The van der Waals surface area contributed by atoms with Gasteiger partial charge in [0, 0.05) is 12.6 Å². The standard InChI is InChI=1S/C21H24N2O8S/c1-29-17-10-9-13(12-18(17)30-2)32(27,28)23-11-5-8-16(23)20(25)22-15-7-4-6-14(19(15)24)21(26)31-3/h4,6-7,9-10,12,16,24H,5,8,11H2,1-3H3,(H,22,25). The summed E-state index contributed by atoms with van der Waals surface area (Å²) in [5.41, 5.74) is -0.139. The number of phenolic OH excluding ortho intramolecular Hbond substituents is 1. The van der Waals surface area contributed by atoms with Gasteiger partial charge in [0.25, 0.3) is 0 Å². The molecule has 0 saturated carbocycles. The number of methoxy groups -OCH3 is 3. The first kappa shape index (κ1) is 23.4. The van der Waals surface area contributed by atoms with Crippen LogP contribution in [0, 0.1) is 0 Å². The van der Waals surface area contributed by atoms with E-state index < -0.39 is 33.7 Å². The first-order valence-electron chi connectivity index (χ1n) is 9.69. The Balaban J connectivity index is 1.87. The molecule has 1 heterocycles. The van der Waals surface area contributed by atoms with Crippen molar-refractivity contribution in [2.75, 3.05) is 33.2 Å². The van der Waals surface area contributed by atoms with Crippen molar-refractivity contribution in [1.82, 2.24) is 4.31 Å². The van der Waals surface area contributed by atoms with Gasteiger partial charge in [-0.05, 0) is 37.1 Å². The van der Waals surface area contributed by atoms with E-state index in [1.54, 1.807) is 0 Å². The van der Waals surface area contributed by atoms with E-state index in [0.29, 0.717) is 18.6 Å². The van der Waals surface area contributed by atoms with Crippen molar-refractivity contribution in [3.63, 3.8) is 0 Å². The Hall–Kier alpha value is -3.31. The van der Waals surface area contributed by atoms with E-state index >= 15 is 0 Å². The number of carbonyl (C=O) groups is 2. The fourth-order valence-corrected chi connectivity index (χ4v) is 5.21. The van der Waals surface area contributed by atoms with Gasteiger partial charge in [0.2, 0.25) is 15.9 Å². The number of aromatic hydroxyl groups is 1. The van der Waals surface area contributed by atoms with Crippen LogP contribution < -0.4 is 14.8 Å². The zero-order valence-corrected chi connectivity index (χ0v) is 18.6. The molecule has 1 unspecified atom stereocenters. The lowest BCUT2D eigenvalue weighted by atomic mass is 10.1. The van der Waals surface area contributed by atoms with Crippen molar-refractivity contribution in [2.24, 2.45) is 0 Å². The number of hydrogen-bond donors (Lipinski definition) is 2. The number of amides is 1. The number of nitrogens with one attached hydrogen (secondary N) is 1. The minimum atomic E-state index is -4.02. The number of rotatable bonds is 7. The van der Waals surface area contributed by atoms with Gasteiger partial charge in [0.05, 0.1) is 31.9 Å². The van der Waals surface area contributed by atoms with Crippen LogP contribution in [-0.4, -0.2) is 63.6 Å². The third-order valence-electron chi connectivity index (χ3n) is 5.17. The Kier molecular flexibility index (Phi) is 6.90. The van der Waals surface area contributed by atoms with E-state index in [0.717, 1.165) is 4.31 Å². The SMILES string of the molecule is COC(=O)c1cccc(NC(=O)C2CCCN2S(=O)(=O)c2ccc(OC)c(OC)c2)c1O. The molecule has 1 amide bonds. The maximum Gasteiger partial charge on any atom is 0.341 e. The molecule has 1 saturated heterocycles. The van der Waals surface area contributed by atoms with E-state index in [2.05, 4.69) is 10.1 Å². The monoisotopic (exact) mass is 464 g/mol. The summed E-state index contributed by atoms with van der Waals surface area (Å²) in [4.78, 5) is 24.7. The molecule has 32 heavy (non-hydrogen) atoms. The number of benzene rings is 2. The molecule has 0 radical (unpaired) electrons. The summed E-state index contributed by atoms with van der Waals surface area (Å²) in [7, 11) is -0.00896. The molecule has 0 spiro atoms. The highest BCUT2D eigenvalue weighted by molar-refractivity contribution is 7.89. The molecule has 1 fully saturated rings. The Morgan fingerprint density at radius 1 is 1.09 bits per heavy atom. The molecule has 1 atom stereocenters. The van der Waals surface area contributed by atoms with Crippen molar-refractivity contribution >= 4 is 27.6 Å². The van der Waals surface area contributed by atoms with Crippen LogP contribution in [0.25, 0.3) is 0 Å². The van der Waals surface area contributed by atoms with Crippen LogP contribution in [0.2, 0.25) is 0 Å². The van der Waals surface area contributed by atoms with Crippen LogP contribution >= 0.6 is 0 Å². The van der Waals surface area contributed by atoms with Gasteiger partial charge in [0.15, 0.2) is 17.2 Å². The fraction of sp³-hybridized carbons (Fsp3) is 0.333. The van der Waals surface area contributed by atoms with Gasteiger partial charge in [0.1, 0.15) is 11.6 Å². The second kappa shape index (κ2) is 9.45. The average Bonchev–Trinajstić information content (AvgIpc) is 3.30. The van der Waals surface area contributed by atoms with Crippen LogP contribution in [0.15, 0.2) is 41.3 Å². The fourth-order valence-electron chi connectivity index (χ4n) is 3.54. The minimum Gasteiger partial charge on any atom is -0.505 e. The Morgan fingerprint density at radius 2 is 1.81 bits per heavy atom. The summed E-state index contributed by atoms with van der Waals surface area (Å²) < 4.78 is 42.6. The lowest BCUT2D eigenvalue weighted by Crippen LogP contribution is -2.43. The highest BCUT2D eigenvalue weighted by atomic mass is 32.2. The number of nitrogens with zero attached hydrogens (tertiary/aromatic N) is 1. The van der Waals surface area contributed by atoms with Crippen LogP contribution in [-0.2, 0) is 19.6 Å². The number of sulfonamides is 1. The van der Waals surface area contributed by atoms with Gasteiger partial charge in [-0.2, -0.15) is 4.31 Å². The Bertz CT molecular complexity index is 1130. The predicted octanol–water partition coefficient (Wildman–Crippen LogP) is 1.99. The average molecular weight is 464 g/mol. The molecule has 10 nitrogen and oxygen atoms in total. The largest absolute Gasteiger partial charge is 0.505 e. The maximum absolute atomic E-state index is 13.3. The molecule has 11 heteroatoms. The van der Waals surface area contributed by atoms with Crippen molar-refractivity contribution < 1.29 is 37.3 Å². The van der Waals surface area contributed by atoms with E-state index in [1.807, 2.05) is 0 Å². The van der Waals surface area contributed by atoms with E-state index in [9.17, 15) is 23.1 Å². The molecule has 1 aliphatic rings. The van der Waals surface area contributed by atoms with Gasteiger partial charge < -0.3 is 24.6 Å². The summed E-state index contributed by atoms with van der Waals surface area (Å²) in [5, 5.41) is 12.8. The highest BCUT2D eigenvalue weighted by Gasteiger charge is 2.40. The number of hydrogen-bond acceptors (Lipinski definition) is 8. The lowest BCUT2D eigenvalue weighted by Gasteiger charge is -2.24. The van der Waals surface area contributed by atoms with Gasteiger partial charge in [-0.25, -0.2) is 13.2 Å². The van der Waals surface area contributed by atoms with Gasteiger partial charge in [-0.3, -0.25) is 4.79 Å². The molecule has 1 aliphatic heterocycles. The summed E-state index contributed by atoms with van der Waals surface area (Å²) >= 11 is 0. The second-order valence-corrected chi connectivity index (χ2v) is 8.86. The van der Waals surface area contributed by atoms with E-state index in [1.165, 1.54) is 57.7 Å². The molecule has 2 aromatic rings. The second-order valence-electron chi connectivity index (χ2n) is 6.97. The van der Waals surface area contributed by atoms with E-state index in [4.69, 9.17) is 9.47 Å². The third-order valence-corrected chi connectivity index (χ3v) is 7.07. The quantitative estimate of drug-likeness (QED) is 0.470. The normalized spacial score (nSPS) is 16.4. The number of anilines is 1. The highest BCUT2D eigenvalue weighted by Crippen LogP contribution is 2.34. The van der Waals surface area contributed by atoms with Crippen LogP contribution in [0.4, 0.5) is 5.69 Å². The van der Waals surface area contributed by atoms with Crippen molar-refractivity contribution in [3.8, 4) is 17.2 Å². The minimum absolute atomic E-state index is 0.0201. The molecule has 0 aliphatic carbocycles. The lowest BCUT2D eigenvalue weighted by molar-refractivity contribution is -0.119. The van der Waals surface area contributed by atoms with Gasteiger partial charge in [-0.1, -0.05) is 6.07 Å².